The maximum absolute atomic E-state index is 4.46. The minimum Gasteiger partial charge on any atom is -0.365 e. The zero-order valence-electron chi connectivity index (χ0n) is 8.74. The van der Waals surface area contributed by atoms with Crippen LogP contribution in [0.15, 0.2) is 18.3 Å². The second-order valence-corrected chi connectivity index (χ2v) is 4.16. The van der Waals surface area contributed by atoms with Crippen molar-refractivity contribution in [1.29, 1.82) is 0 Å². The number of nitrogens with one attached hydrogen (secondary N) is 2. The van der Waals surface area contributed by atoms with Crippen LogP contribution in [0, 0.1) is 0 Å². The first-order chi connectivity index (χ1) is 7.45. The number of hydrogen-bond acceptors (Lipinski definition) is 4. The molecule has 4 heteroatoms. The maximum atomic E-state index is 4.46. The van der Waals surface area contributed by atoms with Crippen LogP contribution >= 0.6 is 0 Å². The van der Waals surface area contributed by atoms with E-state index in [1.807, 2.05) is 12.3 Å². The SMILES string of the molecule is c1cnc2c(c1)NCN2C1CCNCC1. The molecule has 3 rings (SSSR count). The molecule has 0 spiro atoms. The number of hydrogen-bond donors (Lipinski definition) is 2. The third-order valence-corrected chi connectivity index (χ3v) is 3.25. The Bertz CT molecular complexity index is 346. The van der Waals surface area contributed by atoms with Gasteiger partial charge in [-0.25, -0.2) is 4.98 Å². The maximum Gasteiger partial charge on any atom is 0.153 e. The number of nitrogens with zero attached hydrogens (tertiary/aromatic N) is 2. The molecule has 4 nitrogen and oxygen atoms in total. The van der Waals surface area contributed by atoms with Crippen molar-refractivity contribution in [2.24, 2.45) is 0 Å². The van der Waals surface area contributed by atoms with Gasteiger partial charge in [-0.3, -0.25) is 0 Å². The molecule has 0 saturated carbocycles. The molecule has 1 aromatic heterocycles. The first-order valence-corrected chi connectivity index (χ1v) is 5.61. The molecule has 0 unspecified atom stereocenters. The van der Waals surface area contributed by atoms with E-state index in [9.17, 15) is 0 Å². The highest BCUT2D eigenvalue weighted by molar-refractivity contribution is 5.70. The predicted molar refractivity (Wildman–Crippen MR) is 61.1 cm³/mol. The van der Waals surface area contributed by atoms with Crippen molar-refractivity contribution in [2.45, 2.75) is 18.9 Å². The molecule has 0 aliphatic carbocycles. The highest BCUT2D eigenvalue weighted by Gasteiger charge is 2.27. The van der Waals surface area contributed by atoms with Gasteiger partial charge in [-0.2, -0.15) is 0 Å². The van der Waals surface area contributed by atoms with E-state index in [-0.39, 0.29) is 0 Å². The van der Waals surface area contributed by atoms with E-state index in [0.717, 1.165) is 25.6 Å². The summed E-state index contributed by atoms with van der Waals surface area (Å²) in [6, 6.07) is 4.73. The number of fused-ring (bicyclic) bond motifs is 1. The fourth-order valence-corrected chi connectivity index (χ4v) is 2.43. The number of rotatable bonds is 1. The van der Waals surface area contributed by atoms with Gasteiger partial charge in [-0.15, -0.1) is 0 Å². The lowest BCUT2D eigenvalue weighted by Crippen LogP contribution is -2.43. The highest BCUT2D eigenvalue weighted by Crippen LogP contribution is 2.31. The fraction of sp³-hybridized carbons (Fsp3) is 0.545. The molecule has 0 aromatic carbocycles. The second kappa shape index (κ2) is 3.70. The van der Waals surface area contributed by atoms with Crippen molar-refractivity contribution >= 4 is 11.5 Å². The summed E-state index contributed by atoms with van der Waals surface area (Å²) in [5.41, 5.74) is 1.18. The van der Waals surface area contributed by atoms with Crippen molar-refractivity contribution in [3.63, 3.8) is 0 Å². The highest BCUT2D eigenvalue weighted by atomic mass is 15.3. The lowest BCUT2D eigenvalue weighted by atomic mass is 10.1. The fourth-order valence-electron chi connectivity index (χ4n) is 2.43. The van der Waals surface area contributed by atoms with E-state index in [4.69, 9.17) is 0 Å². The van der Waals surface area contributed by atoms with E-state index in [1.165, 1.54) is 18.5 Å². The summed E-state index contributed by atoms with van der Waals surface area (Å²) in [5.74, 6) is 1.13. The largest absolute Gasteiger partial charge is 0.365 e. The Hall–Kier alpha value is -1.29. The standard InChI is InChI=1S/C11H16N4/c1-2-10-11(13-5-1)15(8-14-10)9-3-6-12-7-4-9/h1-2,5,9,12,14H,3-4,6-8H2. The van der Waals surface area contributed by atoms with Gasteiger partial charge in [-0.05, 0) is 38.1 Å². The van der Waals surface area contributed by atoms with Crippen molar-refractivity contribution < 1.29 is 0 Å². The monoisotopic (exact) mass is 204 g/mol. The minimum atomic E-state index is 0.648. The second-order valence-electron chi connectivity index (χ2n) is 4.16. The van der Waals surface area contributed by atoms with E-state index in [2.05, 4.69) is 26.6 Å². The summed E-state index contributed by atoms with van der Waals surface area (Å²) in [7, 11) is 0. The van der Waals surface area contributed by atoms with Crippen LogP contribution in [-0.4, -0.2) is 30.8 Å². The zero-order valence-corrected chi connectivity index (χ0v) is 8.74. The summed E-state index contributed by atoms with van der Waals surface area (Å²) in [6.45, 7) is 3.17. The summed E-state index contributed by atoms with van der Waals surface area (Å²) < 4.78 is 0. The minimum absolute atomic E-state index is 0.648. The van der Waals surface area contributed by atoms with Gasteiger partial charge in [0.1, 0.15) is 0 Å². The molecule has 15 heavy (non-hydrogen) atoms. The molecular weight excluding hydrogens is 188 g/mol. The van der Waals surface area contributed by atoms with Gasteiger partial charge in [0.15, 0.2) is 5.82 Å². The van der Waals surface area contributed by atoms with Gasteiger partial charge in [0.25, 0.3) is 0 Å². The van der Waals surface area contributed by atoms with Crippen LogP contribution in [-0.2, 0) is 0 Å². The first-order valence-electron chi connectivity index (χ1n) is 5.61. The van der Waals surface area contributed by atoms with E-state index in [1.54, 1.807) is 0 Å². The van der Waals surface area contributed by atoms with Crippen molar-refractivity contribution in [3.05, 3.63) is 18.3 Å². The molecule has 2 aliphatic rings. The van der Waals surface area contributed by atoms with E-state index in [0.29, 0.717) is 6.04 Å². The topological polar surface area (TPSA) is 40.2 Å². The molecular formula is C11H16N4. The Morgan fingerprint density at radius 3 is 3.07 bits per heavy atom. The molecule has 2 N–H and O–H groups in total. The van der Waals surface area contributed by atoms with Crippen molar-refractivity contribution in [2.75, 3.05) is 30.0 Å². The summed E-state index contributed by atoms with van der Waals surface area (Å²) in [4.78, 5) is 6.86. The van der Waals surface area contributed by atoms with Crippen LogP contribution in [0.3, 0.4) is 0 Å². The smallest absolute Gasteiger partial charge is 0.153 e. The summed E-state index contributed by atoms with van der Waals surface area (Å²) >= 11 is 0. The van der Waals surface area contributed by atoms with Gasteiger partial charge < -0.3 is 15.5 Å². The molecule has 2 aliphatic heterocycles. The summed E-state index contributed by atoms with van der Waals surface area (Å²) in [6.07, 6.45) is 4.31. The first kappa shape index (κ1) is 8.97. The van der Waals surface area contributed by atoms with Crippen LogP contribution in [0.2, 0.25) is 0 Å². The predicted octanol–water partition coefficient (Wildman–Crippen LogP) is 1.02. The number of piperidine rings is 1. The van der Waals surface area contributed by atoms with Gasteiger partial charge in [0, 0.05) is 12.2 Å². The van der Waals surface area contributed by atoms with Gasteiger partial charge in [-0.1, -0.05) is 0 Å². The van der Waals surface area contributed by atoms with Crippen LogP contribution in [0.1, 0.15) is 12.8 Å². The Morgan fingerprint density at radius 2 is 2.20 bits per heavy atom. The van der Waals surface area contributed by atoms with Crippen molar-refractivity contribution in [3.8, 4) is 0 Å². The Morgan fingerprint density at radius 1 is 1.33 bits per heavy atom. The molecule has 0 bridgehead atoms. The molecule has 1 fully saturated rings. The molecule has 3 heterocycles. The summed E-state index contributed by atoms with van der Waals surface area (Å²) in [5, 5.41) is 6.79. The number of aromatic nitrogens is 1. The third kappa shape index (κ3) is 1.55. The van der Waals surface area contributed by atoms with Gasteiger partial charge in [0.2, 0.25) is 0 Å². The molecule has 1 aromatic rings. The van der Waals surface area contributed by atoms with Crippen LogP contribution in [0.5, 0.6) is 0 Å². The van der Waals surface area contributed by atoms with Crippen molar-refractivity contribution in [1.82, 2.24) is 10.3 Å². The van der Waals surface area contributed by atoms with Crippen LogP contribution in [0.25, 0.3) is 0 Å². The average molecular weight is 204 g/mol. The zero-order chi connectivity index (χ0) is 10.1. The lowest BCUT2D eigenvalue weighted by molar-refractivity contribution is 0.436. The molecule has 1 saturated heterocycles. The average Bonchev–Trinajstić information content (AvgIpc) is 2.74. The van der Waals surface area contributed by atoms with Gasteiger partial charge in [0.05, 0.1) is 12.4 Å². The Balaban J connectivity index is 1.83. The Labute approximate surface area is 89.7 Å². The molecule has 80 valence electrons. The quantitative estimate of drug-likeness (QED) is 0.716. The lowest BCUT2D eigenvalue weighted by Gasteiger charge is -2.31. The van der Waals surface area contributed by atoms with Gasteiger partial charge >= 0.3 is 0 Å². The van der Waals surface area contributed by atoms with Crippen LogP contribution < -0.4 is 15.5 Å². The van der Waals surface area contributed by atoms with E-state index >= 15 is 0 Å². The van der Waals surface area contributed by atoms with E-state index < -0.39 is 0 Å². The Kier molecular flexibility index (Phi) is 2.21. The van der Waals surface area contributed by atoms with Crippen LogP contribution in [0.4, 0.5) is 11.5 Å². The normalized spacial score (nSPS) is 21.2. The number of anilines is 2. The molecule has 0 amide bonds. The molecule has 0 atom stereocenters. The third-order valence-electron chi connectivity index (χ3n) is 3.25. The number of pyridine rings is 1. The molecule has 0 radical (unpaired) electrons.